The molecule has 0 atom stereocenters. The number of hydrazine groups is 1. The van der Waals surface area contributed by atoms with Crippen molar-refractivity contribution in [2.45, 2.75) is 13.0 Å². The Balaban J connectivity index is 0.000000201. The van der Waals surface area contributed by atoms with Gasteiger partial charge in [0, 0.05) is 41.3 Å². The Hall–Kier alpha value is -5.42. The van der Waals surface area contributed by atoms with Gasteiger partial charge in [0.2, 0.25) is 0 Å². The molecule has 0 saturated heterocycles. The lowest BCUT2D eigenvalue weighted by Crippen LogP contribution is -2.31. The summed E-state index contributed by atoms with van der Waals surface area (Å²) in [5.74, 6) is 5.35. The summed E-state index contributed by atoms with van der Waals surface area (Å²) in [5.41, 5.74) is 3.48. The summed E-state index contributed by atoms with van der Waals surface area (Å²) in [4.78, 5) is 33.6. The number of benzene rings is 4. The van der Waals surface area contributed by atoms with Crippen LogP contribution in [0, 0.1) is 20.2 Å². The largest absolute Gasteiger partial charge is 0.289 e. The van der Waals surface area contributed by atoms with Crippen LogP contribution in [-0.2, 0) is 13.0 Å². The number of carbonyl (C=O) groups excluding carboxylic acids is 1. The molecule has 11 heteroatoms. The molecule has 1 aliphatic rings. The number of hydrogen-bond acceptors (Lipinski definition) is 9. The number of nitrogens with zero attached hydrogens (tertiary/aromatic N) is 5. The van der Waals surface area contributed by atoms with E-state index in [1.807, 2.05) is 42.5 Å². The number of ketones is 1. The fourth-order valence-electron chi connectivity index (χ4n) is 4.09. The van der Waals surface area contributed by atoms with E-state index in [-0.39, 0.29) is 17.2 Å². The van der Waals surface area contributed by atoms with E-state index >= 15 is 0 Å². The molecule has 4 aromatic carbocycles. The van der Waals surface area contributed by atoms with Crippen molar-refractivity contribution >= 4 is 23.5 Å². The Bertz CT molecular complexity index is 1530. The molecule has 5 rings (SSSR count). The highest BCUT2D eigenvalue weighted by atomic mass is 16.6. The zero-order valence-electron chi connectivity index (χ0n) is 21.4. The molecule has 0 fully saturated rings. The summed E-state index contributed by atoms with van der Waals surface area (Å²) in [5, 5.41) is 29.0. The maximum absolute atomic E-state index is 12.6. The predicted octanol–water partition coefficient (Wildman–Crippen LogP) is 4.90. The monoisotopic (exact) mass is 538 g/mol. The number of non-ortho nitro benzene ring substituents is 1. The fraction of sp³-hybridized carbons (Fsp3) is 0.103. The Kier molecular flexibility index (Phi) is 8.90. The van der Waals surface area contributed by atoms with Gasteiger partial charge in [-0.1, -0.05) is 72.8 Å². The van der Waals surface area contributed by atoms with Gasteiger partial charge >= 0.3 is 0 Å². The van der Waals surface area contributed by atoms with Crippen LogP contribution in [-0.4, -0.2) is 38.7 Å². The molecule has 0 amide bonds. The van der Waals surface area contributed by atoms with Crippen molar-refractivity contribution in [2.24, 2.45) is 10.9 Å². The van der Waals surface area contributed by atoms with E-state index in [2.05, 4.69) is 5.10 Å². The smallest absolute Gasteiger partial charge is 0.272 e. The molecule has 1 aliphatic heterocycles. The Morgan fingerprint density at radius 3 is 2.10 bits per heavy atom. The van der Waals surface area contributed by atoms with E-state index in [4.69, 9.17) is 5.84 Å². The van der Waals surface area contributed by atoms with E-state index in [1.54, 1.807) is 41.4 Å². The van der Waals surface area contributed by atoms with Crippen molar-refractivity contribution in [1.82, 2.24) is 10.0 Å². The molecule has 0 unspecified atom stereocenters. The van der Waals surface area contributed by atoms with Crippen LogP contribution in [0.5, 0.6) is 0 Å². The van der Waals surface area contributed by atoms with Crippen LogP contribution in [0.4, 0.5) is 11.4 Å². The lowest BCUT2D eigenvalue weighted by atomic mass is 9.97. The molecule has 0 radical (unpaired) electrons. The second-order valence-corrected chi connectivity index (χ2v) is 8.94. The molecule has 0 saturated carbocycles. The van der Waals surface area contributed by atoms with Crippen LogP contribution in [0.2, 0.25) is 0 Å². The van der Waals surface area contributed by atoms with Gasteiger partial charge < -0.3 is 0 Å². The number of nitrogens with two attached hydrogens (primary N) is 1. The molecule has 202 valence electrons. The third-order valence-corrected chi connectivity index (χ3v) is 5.99. The lowest BCUT2D eigenvalue weighted by Gasteiger charge is -2.15. The normalized spacial score (nSPS) is 12.0. The molecule has 0 aliphatic carbocycles. The van der Waals surface area contributed by atoms with Gasteiger partial charge in [-0.2, -0.15) is 5.10 Å². The lowest BCUT2D eigenvalue weighted by molar-refractivity contribution is -0.385. The zero-order chi connectivity index (χ0) is 28.5. The maximum atomic E-state index is 12.6. The SMILES string of the molecule is NN1C=NN(Cc2cccc([N+](=O)[O-])c2)C1.O=C(c1ccccc1)c1ccc([N+](=O)[O-])c(Cc2ccccc2)c1. The summed E-state index contributed by atoms with van der Waals surface area (Å²) >= 11 is 0. The van der Waals surface area contributed by atoms with Gasteiger partial charge in [0.25, 0.3) is 11.4 Å². The molecule has 2 N–H and O–H groups in total. The predicted molar refractivity (Wildman–Crippen MR) is 150 cm³/mol. The van der Waals surface area contributed by atoms with Crippen LogP contribution >= 0.6 is 0 Å². The van der Waals surface area contributed by atoms with Gasteiger partial charge in [0.1, 0.15) is 13.0 Å². The second kappa shape index (κ2) is 12.9. The summed E-state index contributed by atoms with van der Waals surface area (Å²) in [6.45, 7) is 0.995. The minimum Gasteiger partial charge on any atom is -0.289 e. The summed E-state index contributed by atoms with van der Waals surface area (Å²) < 4.78 is 0. The highest BCUT2D eigenvalue weighted by Gasteiger charge is 2.18. The van der Waals surface area contributed by atoms with Crippen LogP contribution in [0.1, 0.15) is 32.6 Å². The van der Waals surface area contributed by atoms with Gasteiger partial charge in [0.15, 0.2) is 5.78 Å². The van der Waals surface area contributed by atoms with Gasteiger partial charge in [-0.3, -0.25) is 35.0 Å². The maximum Gasteiger partial charge on any atom is 0.272 e. The average Bonchev–Trinajstić information content (AvgIpc) is 3.38. The molecular formula is C29H26N6O5. The minimum atomic E-state index is -0.411. The van der Waals surface area contributed by atoms with Gasteiger partial charge in [-0.05, 0) is 23.3 Å². The number of carbonyl (C=O) groups is 1. The molecule has 1 heterocycles. The topological polar surface area (TPSA) is 148 Å². The van der Waals surface area contributed by atoms with Crippen LogP contribution in [0.3, 0.4) is 0 Å². The average molecular weight is 539 g/mol. The van der Waals surface area contributed by atoms with E-state index in [1.165, 1.54) is 35.6 Å². The van der Waals surface area contributed by atoms with Crippen molar-refractivity contribution < 1.29 is 14.6 Å². The molecule has 4 aromatic rings. The summed E-state index contributed by atoms with van der Waals surface area (Å²) in [6, 6.07) is 29.4. The molecule has 0 spiro atoms. The second-order valence-electron chi connectivity index (χ2n) is 8.94. The Morgan fingerprint density at radius 2 is 1.48 bits per heavy atom. The van der Waals surface area contributed by atoms with E-state index < -0.39 is 9.85 Å². The zero-order valence-corrected chi connectivity index (χ0v) is 21.4. The van der Waals surface area contributed by atoms with Crippen LogP contribution in [0.25, 0.3) is 0 Å². The van der Waals surface area contributed by atoms with Crippen molar-refractivity contribution in [1.29, 1.82) is 0 Å². The quantitative estimate of drug-likeness (QED) is 0.144. The molecular weight excluding hydrogens is 512 g/mol. The summed E-state index contributed by atoms with van der Waals surface area (Å²) in [6.07, 6.45) is 1.92. The number of nitro benzene ring substituents is 2. The first kappa shape index (κ1) is 27.6. The van der Waals surface area contributed by atoms with Crippen LogP contribution in [0.15, 0.2) is 108 Å². The first-order valence-corrected chi connectivity index (χ1v) is 12.2. The van der Waals surface area contributed by atoms with E-state index in [9.17, 15) is 25.0 Å². The highest BCUT2D eigenvalue weighted by molar-refractivity contribution is 6.09. The fourth-order valence-corrected chi connectivity index (χ4v) is 4.09. The van der Waals surface area contributed by atoms with Crippen molar-refractivity contribution in [3.8, 4) is 0 Å². The molecule has 0 aromatic heterocycles. The van der Waals surface area contributed by atoms with E-state index in [0.717, 1.165) is 11.1 Å². The number of nitro groups is 2. The van der Waals surface area contributed by atoms with Crippen molar-refractivity contribution in [3.05, 3.63) is 151 Å². The number of hydrazone groups is 1. The molecule has 0 bridgehead atoms. The van der Waals surface area contributed by atoms with Gasteiger partial charge in [0.05, 0.1) is 16.4 Å². The first-order valence-electron chi connectivity index (χ1n) is 12.2. The third kappa shape index (κ3) is 7.33. The van der Waals surface area contributed by atoms with Gasteiger partial charge in [-0.25, -0.2) is 5.84 Å². The van der Waals surface area contributed by atoms with Crippen molar-refractivity contribution in [3.63, 3.8) is 0 Å². The number of hydrogen-bond donors (Lipinski definition) is 1. The number of rotatable bonds is 8. The molecule has 40 heavy (non-hydrogen) atoms. The third-order valence-electron chi connectivity index (χ3n) is 5.99. The Morgan fingerprint density at radius 1 is 0.800 bits per heavy atom. The highest BCUT2D eigenvalue weighted by Crippen LogP contribution is 2.24. The summed E-state index contributed by atoms with van der Waals surface area (Å²) in [7, 11) is 0. The standard InChI is InChI=1S/C20H15NO3.C9H11N5O2/c22-20(16-9-5-2-6-10-16)17-11-12-19(21(23)24)18(14-17)13-15-7-3-1-4-8-15;10-12-6-11-13(7-12)5-8-2-1-3-9(4-8)14(15)16/h1-12,14H,13H2;1-4,6H,5,7,10H2. The van der Waals surface area contributed by atoms with Gasteiger partial charge in [-0.15, -0.1) is 0 Å². The van der Waals surface area contributed by atoms with Crippen LogP contribution < -0.4 is 5.84 Å². The van der Waals surface area contributed by atoms with Crippen molar-refractivity contribution in [2.75, 3.05) is 6.67 Å². The van der Waals surface area contributed by atoms with E-state index in [0.29, 0.717) is 36.3 Å². The first-order chi connectivity index (χ1) is 19.3. The Labute approximate surface area is 230 Å². The minimum absolute atomic E-state index is 0.0310. The molecule has 11 nitrogen and oxygen atoms in total.